The first kappa shape index (κ1) is 23.4. The van der Waals surface area contributed by atoms with Crippen LogP contribution in [0.4, 0.5) is 14.5 Å². The van der Waals surface area contributed by atoms with E-state index in [4.69, 9.17) is 0 Å². The van der Waals surface area contributed by atoms with E-state index in [1.54, 1.807) is 12.1 Å². The molecule has 0 bridgehead atoms. The Hall–Kier alpha value is -3.73. The third-order valence-electron chi connectivity index (χ3n) is 5.34. The molecule has 0 spiro atoms. The molecule has 1 aliphatic heterocycles. The first-order valence-corrected chi connectivity index (χ1v) is 11.4. The number of rotatable bonds is 6. The van der Waals surface area contributed by atoms with Gasteiger partial charge in [-0.2, -0.15) is 0 Å². The van der Waals surface area contributed by atoms with Crippen molar-refractivity contribution in [1.29, 1.82) is 0 Å². The molecular formula is C23H21F2N5O3S. The summed E-state index contributed by atoms with van der Waals surface area (Å²) in [7, 11) is 0. The minimum absolute atomic E-state index is 0.00549. The molecule has 1 atom stereocenters. The number of anilines is 1. The van der Waals surface area contributed by atoms with Gasteiger partial charge in [0.15, 0.2) is 0 Å². The molecule has 0 radical (unpaired) electrons. The number of benzene rings is 2. The number of halogens is 2. The molecule has 1 aliphatic rings. The molecular weight excluding hydrogens is 464 g/mol. The Morgan fingerprint density at radius 2 is 1.79 bits per heavy atom. The second kappa shape index (κ2) is 10.5. The summed E-state index contributed by atoms with van der Waals surface area (Å²) in [6.07, 6.45) is 1.26. The van der Waals surface area contributed by atoms with Crippen molar-refractivity contribution in [2.24, 2.45) is 5.92 Å². The number of amides is 3. The first-order valence-electron chi connectivity index (χ1n) is 10.6. The number of carbonyl (C=O) groups is 3. The van der Waals surface area contributed by atoms with E-state index >= 15 is 0 Å². The molecule has 0 aliphatic carbocycles. The van der Waals surface area contributed by atoms with Crippen LogP contribution in [-0.4, -0.2) is 45.9 Å². The van der Waals surface area contributed by atoms with Gasteiger partial charge in [-0.15, -0.1) is 10.2 Å². The van der Waals surface area contributed by atoms with Crippen LogP contribution in [0.3, 0.4) is 0 Å². The second-order valence-corrected chi connectivity index (χ2v) is 8.79. The zero-order valence-corrected chi connectivity index (χ0v) is 18.8. The lowest BCUT2D eigenvalue weighted by atomic mass is 9.97. The fraction of sp³-hybridized carbons (Fsp3) is 0.261. The van der Waals surface area contributed by atoms with E-state index in [-0.39, 0.29) is 34.8 Å². The third kappa shape index (κ3) is 5.79. The van der Waals surface area contributed by atoms with E-state index in [0.29, 0.717) is 30.6 Å². The van der Waals surface area contributed by atoms with Crippen LogP contribution in [0.25, 0.3) is 0 Å². The molecule has 3 amide bonds. The molecule has 1 fully saturated rings. The molecule has 1 saturated heterocycles. The zero-order chi connectivity index (χ0) is 24.1. The van der Waals surface area contributed by atoms with Gasteiger partial charge in [-0.05, 0) is 54.8 Å². The van der Waals surface area contributed by atoms with Crippen LogP contribution in [-0.2, 0) is 11.3 Å². The topological polar surface area (TPSA) is 104 Å². The predicted molar refractivity (Wildman–Crippen MR) is 121 cm³/mol. The lowest BCUT2D eigenvalue weighted by molar-refractivity contribution is -0.126. The van der Waals surface area contributed by atoms with E-state index in [2.05, 4.69) is 20.8 Å². The number of carbonyl (C=O) groups excluding carboxylic acids is 3. The van der Waals surface area contributed by atoms with Gasteiger partial charge in [-0.1, -0.05) is 23.5 Å². The predicted octanol–water partition coefficient (Wildman–Crippen LogP) is 3.24. The maximum absolute atomic E-state index is 13.3. The Labute approximate surface area is 198 Å². The number of hydrogen-bond donors (Lipinski definition) is 2. The largest absolute Gasteiger partial charge is 0.352 e. The fourth-order valence-electron chi connectivity index (χ4n) is 3.61. The van der Waals surface area contributed by atoms with Crippen LogP contribution < -0.4 is 10.6 Å². The number of likely N-dealkylation sites (tertiary alicyclic amines) is 1. The maximum Gasteiger partial charge on any atom is 0.286 e. The second-order valence-electron chi connectivity index (χ2n) is 7.81. The Bertz CT molecular complexity index is 1200. The first-order chi connectivity index (χ1) is 16.4. The van der Waals surface area contributed by atoms with Gasteiger partial charge in [-0.3, -0.25) is 14.4 Å². The number of nitrogens with zero attached hydrogens (tertiary/aromatic N) is 3. The highest BCUT2D eigenvalue weighted by Gasteiger charge is 2.30. The molecule has 3 aromatic rings. The zero-order valence-electron chi connectivity index (χ0n) is 18.0. The fourth-order valence-corrected chi connectivity index (χ4v) is 4.32. The maximum atomic E-state index is 13.3. The van der Waals surface area contributed by atoms with Crippen molar-refractivity contribution in [3.05, 3.63) is 75.7 Å². The van der Waals surface area contributed by atoms with Gasteiger partial charge in [0.1, 0.15) is 11.6 Å². The molecule has 8 nitrogen and oxygen atoms in total. The van der Waals surface area contributed by atoms with Crippen LogP contribution in [0, 0.1) is 17.6 Å². The Kier molecular flexibility index (Phi) is 7.21. The summed E-state index contributed by atoms with van der Waals surface area (Å²) >= 11 is 0.848. The average molecular weight is 486 g/mol. The van der Waals surface area contributed by atoms with Gasteiger partial charge in [0.2, 0.25) is 15.9 Å². The molecule has 2 N–H and O–H groups in total. The lowest BCUT2D eigenvalue weighted by Gasteiger charge is -2.31. The molecule has 34 heavy (non-hydrogen) atoms. The minimum Gasteiger partial charge on any atom is -0.352 e. The Balaban J connectivity index is 1.33. The number of hydrogen-bond acceptors (Lipinski definition) is 6. The summed E-state index contributed by atoms with van der Waals surface area (Å²) in [5.41, 5.74) is 1.04. The van der Waals surface area contributed by atoms with Crippen LogP contribution in [0.1, 0.15) is 38.0 Å². The highest BCUT2D eigenvalue weighted by molar-refractivity contribution is 7.15. The highest BCUT2D eigenvalue weighted by Crippen LogP contribution is 2.21. The van der Waals surface area contributed by atoms with E-state index in [1.165, 1.54) is 41.3 Å². The summed E-state index contributed by atoms with van der Waals surface area (Å²) in [6, 6.07) is 11.2. The molecule has 0 saturated carbocycles. The molecule has 2 heterocycles. The van der Waals surface area contributed by atoms with E-state index in [1.807, 2.05) is 0 Å². The number of nitrogens with one attached hydrogen (secondary N) is 2. The smallest absolute Gasteiger partial charge is 0.286 e. The van der Waals surface area contributed by atoms with Gasteiger partial charge < -0.3 is 15.5 Å². The van der Waals surface area contributed by atoms with Gasteiger partial charge in [0.05, 0.1) is 5.92 Å². The highest BCUT2D eigenvalue weighted by atomic mass is 32.1. The summed E-state index contributed by atoms with van der Waals surface area (Å²) in [6.45, 7) is 0.873. The van der Waals surface area contributed by atoms with E-state index in [9.17, 15) is 23.2 Å². The van der Waals surface area contributed by atoms with Crippen molar-refractivity contribution in [2.75, 3.05) is 18.4 Å². The van der Waals surface area contributed by atoms with E-state index < -0.39 is 23.5 Å². The van der Waals surface area contributed by atoms with Crippen molar-refractivity contribution >= 4 is 34.7 Å². The van der Waals surface area contributed by atoms with Crippen molar-refractivity contribution in [2.45, 2.75) is 19.4 Å². The summed E-state index contributed by atoms with van der Waals surface area (Å²) in [4.78, 5) is 39.4. The van der Waals surface area contributed by atoms with Crippen molar-refractivity contribution in [3.8, 4) is 0 Å². The van der Waals surface area contributed by atoms with Crippen molar-refractivity contribution in [3.63, 3.8) is 0 Å². The van der Waals surface area contributed by atoms with Gasteiger partial charge in [0, 0.05) is 25.3 Å². The molecule has 1 aromatic heterocycles. The summed E-state index contributed by atoms with van der Waals surface area (Å²) in [5.74, 6) is -2.37. The van der Waals surface area contributed by atoms with E-state index in [0.717, 1.165) is 11.3 Å². The van der Waals surface area contributed by atoms with Crippen LogP contribution in [0.2, 0.25) is 0 Å². The third-order valence-corrected chi connectivity index (χ3v) is 6.25. The SMILES string of the molecule is O=C(Nc1ccc(F)cc1)c1nnc(C(=O)N2CCC[C@@H](C(=O)NCc3cccc(F)c3)C2)s1. The van der Waals surface area contributed by atoms with Gasteiger partial charge >= 0.3 is 0 Å². The van der Waals surface area contributed by atoms with Crippen LogP contribution in [0.5, 0.6) is 0 Å². The minimum atomic E-state index is -0.559. The quantitative estimate of drug-likeness (QED) is 0.558. The van der Waals surface area contributed by atoms with Crippen molar-refractivity contribution in [1.82, 2.24) is 20.4 Å². The summed E-state index contributed by atoms with van der Waals surface area (Å²) < 4.78 is 26.3. The number of aromatic nitrogens is 2. The monoisotopic (exact) mass is 485 g/mol. The molecule has 2 aromatic carbocycles. The molecule has 4 rings (SSSR count). The normalized spacial score (nSPS) is 15.6. The average Bonchev–Trinajstić information content (AvgIpc) is 3.34. The van der Waals surface area contributed by atoms with Gasteiger partial charge in [-0.25, -0.2) is 8.78 Å². The van der Waals surface area contributed by atoms with Crippen LogP contribution in [0.15, 0.2) is 48.5 Å². The van der Waals surface area contributed by atoms with Gasteiger partial charge in [0.25, 0.3) is 11.8 Å². The molecule has 176 valence electrons. The Morgan fingerprint density at radius 3 is 2.56 bits per heavy atom. The van der Waals surface area contributed by atoms with Crippen molar-refractivity contribution < 1.29 is 23.2 Å². The standard InChI is InChI=1S/C23H21F2N5O3S/c24-16-6-8-18(9-7-16)27-20(32)21-28-29-22(34-21)23(33)30-10-2-4-15(13-30)19(31)26-12-14-3-1-5-17(25)11-14/h1,3,5-9,11,15H,2,4,10,12-13H2,(H,26,31)(H,27,32)/t15-/m1/s1. The van der Waals surface area contributed by atoms with Crippen LogP contribution >= 0.6 is 11.3 Å². The molecule has 0 unspecified atom stereocenters. The lowest BCUT2D eigenvalue weighted by Crippen LogP contribution is -2.45. The number of piperidine rings is 1. The Morgan fingerprint density at radius 1 is 1.03 bits per heavy atom. The molecule has 11 heteroatoms. The summed E-state index contributed by atoms with van der Waals surface area (Å²) in [5, 5.41) is 13.0.